The molecule has 0 aliphatic carbocycles. The summed E-state index contributed by atoms with van der Waals surface area (Å²) in [5.41, 5.74) is -1.64. The van der Waals surface area contributed by atoms with Crippen LogP contribution in [0.1, 0.15) is 36.8 Å². The molecule has 2 aromatic rings. The number of carboxylic acids is 3. The summed E-state index contributed by atoms with van der Waals surface area (Å²) in [6.45, 7) is 2.56. The number of carbonyl (C=O) groups is 3. The standard InChI is InChI=1S/C20H22ClNO4.C6H8O7/c1-24-17-5-3-2-4-15(17)20(23)6-8-22(9-7-20)12-14-10-16(21)19-18(11-14)25-13-26-19;7-3(8)1-6(13,5(11)12)2-4(9)10/h2-5,10-11,23H,6-9,12-13H2,1H3;13H,1-2H2,(H,7,8)(H,9,10)(H,11,12). The van der Waals surface area contributed by atoms with E-state index < -0.39 is 42.0 Å². The van der Waals surface area contributed by atoms with E-state index >= 15 is 0 Å². The number of hydrogen-bond donors (Lipinski definition) is 5. The summed E-state index contributed by atoms with van der Waals surface area (Å²) in [5, 5.41) is 45.5. The number of fused-ring (bicyclic) bond motifs is 1. The number of piperidine rings is 1. The molecule has 12 nitrogen and oxygen atoms in total. The van der Waals surface area contributed by atoms with E-state index in [0.29, 0.717) is 29.4 Å². The van der Waals surface area contributed by atoms with Crippen LogP contribution in [0.2, 0.25) is 5.02 Å². The maximum absolute atomic E-state index is 11.1. The Labute approximate surface area is 228 Å². The second kappa shape index (κ2) is 12.5. The van der Waals surface area contributed by atoms with Crippen molar-refractivity contribution in [3.63, 3.8) is 0 Å². The van der Waals surface area contributed by atoms with Gasteiger partial charge in [0.15, 0.2) is 17.1 Å². The third-order valence-corrected chi connectivity index (χ3v) is 6.75. The zero-order valence-electron chi connectivity index (χ0n) is 21.1. The van der Waals surface area contributed by atoms with Crippen LogP contribution < -0.4 is 14.2 Å². The minimum atomic E-state index is -2.74. The van der Waals surface area contributed by atoms with E-state index in [2.05, 4.69) is 4.90 Å². The van der Waals surface area contributed by atoms with Crippen LogP contribution in [0.3, 0.4) is 0 Å². The first kappa shape index (κ1) is 30.0. The SMILES string of the molecule is COc1ccccc1C1(O)CCN(Cc2cc(Cl)c3c(c2)OCO3)CC1.O=C(O)CC(O)(CC(=O)O)C(=O)O. The van der Waals surface area contributed by atoms with E-state index in [0.717, 1.165) is 36.5 Å². The molecule has 0 radical (unpaired) electrons. The third kappa shape index (κ3) is 7.51. The minimum Gasteiger partial charge on any atom is -0.496 e. The Hall–Kier alpha value is -3.58. The molecule has 0 bridgehead atoms. The smallest absolute Gasteiger partial charge is 0.336 e. The average Bonchev–Trinajstić information content (AvgIpc) is 3.34. The summed E-state index contributed by atoms with van der Waals surface area (Å²) in [6.07, 6.45) is -0.972. The lowest BCUT2D eigenvalue weighted by atomic mass is 9.84. The first-order chi connectivity index (χ1) is 18.4. The third-order valence-electron chi connectivity index (χ3n) is 6.47. The number of rotatable bonds is 9. The van der Waals surface area contributed by atoms with Gasteiger partial charge in [0.1, 0.15) is 5.75 Å². The Kier molecular flexibility index (Phi) is 9.62. The number of likely N-dealkylation sites (tertiary alicyclic amines) is 1. The Balaban J connectivity index is 0.000000276. The van der Waals surface area contributed by atoms with Crippen molar-refractivity contribution in [2.24, 2.45) is 0 Å². The summed E-state index contributed by atoms with van der Waals surface area (Å²) in [6, 6.07) is 11.6. The van der Waals surface area contributed by atoms with Gasteiger partial charge in [0, 0.05) is 25.2 Å². The summed E-state index contributed by atoms with van der Waals surface area (Å²) < 4.78 is 16.2. The van der Waals surface area contributed by atoms with Gasteiger partial charge >= 0.3 is 17.9 Å². The molecule has 2 heterocycles. The lowest BCUT2D eigenvalue weighted by Gasteiger charge is -2.39. The number of halogens is 1. The van der Waals surface area contributed by atoms with Crippen LogP contribution in [0.25, 0.3) is 0 Å². The molecule has 5 N–H and O–H groups in total. The molecular formula is C26H30ClNO11. The van der Waals surface area contributed by atoms with Crippen LogP contribution in [0.15, 0.2) is 36.4 Å². The van der Waals surface area contributed by atoms with Gasteiger partial charge in [0.25, 0.3) is 0 Å². The van der Waals surface area contributed by atoms with Crippen LogP contribution in [0.4, 0.5) is 0 Å². The Morgan fingerprint density at radius 3 is 2.23 bits per heavy atom. The van der Waals surface area contributed by atoms with E-state index in [4.69, 9.17) is 46.2 Å². The molecule has 0 atom stereocenters. The summed E-state index contributed by atoms with van der Waals surface area (Å²) in [7, 11) is 1.64. The van der Waals surface area contributed by atoms with Gasteiger partial charge in [-0.25, -0.2) is 4.79 Å². The monoisotopic (exact) mass is 567 g/mol. The van der Waals surface area contributed by atoms with Crippen molar-refractivity contribution < 1.29 is 54.1 Å². The molecule has 0 unspecified atom stereocenters. The first-order valence-corrected chi connectivity index (χ1v) is 12.3. The highest BCUT2D eigenvalue weighted by Crippen LogP contribution is 2.41. The summed E-state index contributed by atoms with van der Waals surface area (Å²) >= 11 is 6.27. The summed E-state index contributed by atoms with van der Waals surface area (Å²) in [5.74, 6) is -2.95. The van der Waals surface area contributed by atoms with Crippen molar-refractivity contribution in [1.82, 2.24) is 4.90 Å². The number of benzene rings is 2. The molecule has 1 fully saturated rings. The zero-order chi connectivity index (χ0) is 28.8. The number of aliphatic carboxylic acids is 3. The van der Waals surface area contributed by atoms with Gasteiger partial charge < -0.3 is 39.7 Å². The number of aliphatic hydroxyl groups is 2. The van der Waals surface area contributed by atoms with Crippen molar-refractivity contribution >= 4 is 29.5 Å². The van der Waals surface area contributed by atoms with Gasteiger partial charge in [0.05, 0.1) is 30.6 Å². The van der Waals surface area contributed by atoms with Crippen molar-refractivity contribution in [2.75, 3.05) is 27.0 Å². The van der Waals surface area contributed by atoms with Gasteiger partial charge in [-0.1, -0.05) is 29.8 Å². The molecule has 212 valence electrons. The van der Waals surface area contributed by atoms with Crippen LogP contribution >= 0.6 is 11.6 Å². The molecule has 39 heavy (non-hydrogen) atoms. The maximum Gasteiger partial charge on any atom is 0.336 e. The Morgan fingerprint density at radius 1 is 1.05 bits per heavy atom. The van der Waals surface area contributed by atoms with Crippen LogP contribution in [0, 0.1) is 0 Å². The predicted octanol–water partition coefficient (Wildman–Crippen LogP) is 2.31. The number of para-hydroxylation sites is 1. The molecule has 0 amide bonds. The Bertz CT molecular complexity index is 1190. The molecule has 0 aromatic heterocycles. The zero-order valence-corrected chi connectivity index (χ0v) is 21.9. The topological polar surface area (TPSA) is 183 Å². The second-order valence-corrected chi connectivity index (χ2v) is 9.70. The number of methoxy groups -OCH3 is 1. The normalized spacial score (nSPS) is 16.1. The summed E-state index contributed by atoms with van der Waals surface area (Å²) in [4.78, 5) is 32.8. The largest absolute Gasteiger partial charge is 0.496 e. The van der Waals surface area contributed by atoms with Crippen LogP contribution in [-0.2, 0) is 26.5 Å². The number of hydrogen-bond acceptors (Lipinski definition) is 9. The molecule has 2 aromatic carbocycles. The molecule has 2 aliphatic heterocycles. The van der Waals surface area contributed by atoms with Crippen LogP contribution in [-0.4, -0.2) is 80.9 Å². The van der Waals surface area contributed by atoms with Gasteiger partial charge in [-0.15, -0.1) is 0 Å². The highest BCUT2D eigenvalue weighted by molar-refractivity contribution is 6.32. The molecule has 13 heteroatoms. The number of nitrogens with zero attached hydrogens (tertiary/aromatic N) is 1. The van der Waals surface area contributed by atoms with Crippen molar-refractivity contribution in [1.29, 1.82) is 0 Å². The minimum absolute atomic E-state index is 0.216. The molecule has 1 saturated heterocycles. The van der Waals surface area contributed by atoms with Gasteiger partial charge in [-0.05, 0) is 36.6 Å². The highest BCUT2D eigenvalue weighted by atomic mass is 35.5. The van der Waals surface area contributed by atoms with Crippen molar-refractivity contribution in [3.05, 3.63) is 52.5 Å². The van der Waals surface area contributed by atoms with Crippen molar-refractivity contribution in [2.45, 2.75) is 43.4 Å². The lowest BCUT2D eigenvalue weighted by Crippen LogP contribution is -2.42. The fraction of sp³-hybridized carbons (Fsp3) is 0.423. The molecule has 0 spiro atoms. The highest BCUT2D eigenvalue weighted by Gasteiger charge is 2.41. The Morgan fingerprint density at radius 2 is 1.67 bits per heavy atom. The van der Waals surface area contributed by atoms with E-state index in [1.54, 1.807) is 7.11 Å². The fourth-order valence-electron chi connectivity index (χ4n) is 4.46. The van der Waals surface area contributed by atoms with Crippen molar-refractivity contribution in [3.8, 4) is 17.2 Å². The van der Waals surface area contributed by atoms with E-state index in [-0.39, 0.29) is 6.79 Å². The lowest BCUT2D eigenvalue weighted by molar-refractivity contribution is -0.170. The van der Waals surface area contributed by atoms with Crippen LogP contribution in [0.5, 0.6) is 17.2 Å². The molecule has 0 saturated carbocycles. The molecule has 2 aliphatic rings. The quantitative estimate of drug-likeness (QED) is 0.298. The second-order valence-electron chi connectivity index (χ2n) is 9.30. The maximum atomic E-state index is 11.1. The first-order valence-electron chi connectivity index (χ1n) is 11.9. The average molecular weight is 568 g/mol. The van der Waals surface area contributed by atoms with Gasteiger partial charge in [0.2, 0.25) is 6.79 Å². The van der Waals surface area contributed by atoms with E-state index in [9.17, 15) is 19.5 Å². The number of carboxylic acid groups (broad SMARTS) is 3. The predicted molar refractivity (Wildman–Crippen MR) is 136 cm³/mol. The van der Waals surface area contributed by atoms with Gasteiger partial charge in [-0.3, -0.25) is 14.5 Å². The van der Waals surface area contributed by atoms with E-state index in [1.807, 2.05) is 36.4 Å². The fourth-order valence-corrected chi connectivity index (χ4v) is 4.75. The van der Waals surface area contributed by atoms with E-state index in [1.165, 1.54) is 0 Å². The molecular weight excluding hydrogens is 538 g/mol. The number of ether oxygens (including phenoxy) is 3. The molecule has 4 rings (SSSR count). The van der Waals surface area contributed by atoms with Gasteiger partial charge in [-0.2, -0.15) is 0 Å².